The highest BCUT2D eigenvalue weighted by atomic mass is 16.5. The SMILES string of the molecule is COc1cccc(OC[C@H]2CCCN(Cc3cc(C#N)n(C)c3)C2)c1. The van der Waals surface area contributed by atoms with Gasteiger partial charge in [0, 0.05) is 38.3 Å². The van der Waals surface area contributed by atoms with Gasteiger partial charge in [-0.3, -0.25) is 4.90 Å². The summed E-state index contributed by atoms with van der Waals surface area (Å²) in [5.41, 5.74) is 1.92. The molecule has 1 fully saturated rings. The number of benzene rings is 1. The predicted octanol–water partition coefficient (Wildman–Crippen LogP) is 3.20. The monoisotopic (exact) mass is 339 g/mol. The van der Waals surface area contributed by atoms with Crippen molar-refractivity contribution >= 4 is 0 Å². The highest BCUT2D eigenvalue weighted by Gasteiger charge is 2.21. The van der Waals surface area contributed by atoms with E-state index in [1.54, 1.807) is 7.11 Å². The average Bonchev–Trinajstić information content (AvgIpc) is 2.99. The Morgan fingerprint density at radius 1 is 1.28 bits per heavy atom. The number of ether oxygens (including phenoxy) is 2. The second-order valence-electron chi connectivity index (χ2n) is 6.69. The maximum absolute atomic E-state index is 9.09. The third-order valence-electron chi connectivity index (χ3n) is 4.71. The van der Waals surface area contributed by atoms with Crippen LogP contribution in [0.15, 0.2) is 36.5 Å². The molecular formula is C20H25N3O2. The summed E-state index contributed by atoms with van der Waals surface area (Å²) >= 11 is 0. The first-order valence-corrected chi connectivity index (χ1v) is 8.72. The van der Waals surface area contributed by atoms with Crippen LogP contribution in [0.2, 0.25) is 0 Å². The molecule has 1 atom stereocenters. The van der Waals surface area contributed by atoms with Crippen molar-refractivity contribution in [3.05, 3.63) is 47.8 Å². The zero-order valence-electron chi connectivity index (χ0n) is 14.9. The summed E-state index contributed by atoms with van der Waals surface area (Å²) in [4.78, 5) is 2.46. The van der Waals surface area contributed by atoms with Crippen molar-refractivity contribution in [2.24, 2.45) is 13.0 Å². The zero-order valence-corrected chi connectivity index (χ0v) is 14.9. The van der Waals surface area contributed by atoms with Crippen molar-refractivity contribution in [3.8, 4) is 17.6 Å². The minimum absolute atomic E-state index is 0.527. The van der Waals surface area contributed by atoms with E-state index >= 15 is 0 Å². The zero-order chi connectivity index (χ0) is 17.6. The number of aromatic nitrogens is 1. The summed E-state index contributed by atoms with van der Waals surface area (Å²) < 4.78 is 13.1. The van der Waals surface area contributed by atoms with E-state index in [1.807, 2.05) is 41.9 Å². The van der Waals surface area contributed by atoms with Gasteiger partial charge >= 0.3 is 0 Å². The van der Waals surface area contributed by atoms with Crippen molar-refractivity contribution < 1.29 is 9.47 Å². The Labute approximate surface area is 149 Å². The smallest absolute Gasteiger partial charge is 0.122 e. The molecule has 0 amide bonds. The van der Waals surface area contributed by atoms with Gasteiger partial charge in [-0.2, -0.15) is 5.26 Å². The van der Waals surface area contributed by atoms with Crippen LogP contribution < -0.4 is 9.47 Å². The number of aryl methyl sites for hydroxylation is 1. The van der Waals surface area contributed by atoms with Crippen molar-refractivity contribution in [3.63, 3.8) is 0 Å². The number of piperidine rings is 1. The summed E-state index contributed by atoms with van der Waals surface area (Å²) in [5.74, 6) is 2.21. The number of hydrogen-bond donors (Lipinski definition) is 0. The van der Waals surface area contributed by atoms with Gasteiger partial charge in [0.05, 0.1) is 13.7 Å². The lowest BCUT2D eigenvalue weighted by Crippen LogP contribution is -2.37. The van der Waals surface area contributed by atoms with Gasteiger partial charge in [-0.15, -0.1) is 0 Å². The molecule has 1 aliphatic heterocycles. The van der Waals surface area contributed by atoms with E-state index in [4.69, 9.17) is 14.7 Å². The molecule has 25 heavy (non-hydrogen) atoms. The van der Waals surface area contributed by atoms with E-state index in [0.29, 0.717) is 11.6 Å². The molecule has 1 saturated heterocycles. The number of methoxy groups -OCH3 is 1. The minimum atomic E-state index is 0.527. The van der Waals surface area contributed by atoms with Crippen LogP contribution in [0.1, 0.15) is 24.1 Å². The van der Waals surface area contributed by atoms with Gasteiger partial charge in [0.25, 0.3) is 0 Å². The van der Waals surface area contributed by atoms with Crippen molar-refractivity contribution in [2.45, 2.75) is 19.4 Å². The summed E-state index contributed by atoms with van der Waals surface area (Å²) in [7, 11) is 3.59. The quantitative estimate of drug-likeness (QED) is 0.811. The molecule has 1 aromatic heterocycles. The predicted molar refractivity (Wildman–Crippen MR) is 96.6 cm³/mol. The number of rotatable bonds is 6. The molecule has 1 aromatic carbocycles. The van der Waals surface area contributed by atoms with Gasteiger partial charge in [-0.1, -0.05) is 6.07 Å². The second kappa shape index (κ2) is 8.09. The van der Waals surface area contributed by atoms with Crippen LogP contribution in [0, 0.1) is 17.2 Å². The first-order valence-electron chi connectivity index (χ1n) is 8.72. The molecule has 2 heterocycles. The Morgan fingerprint density at radius 2 is 2.12 bits per heavy atom. The van der Waals surface area contributed by atoms with E-state index in [9.17, 15) is 0 Å². The van der Waals surface area contributed by atoms with Gasteiger partial charge in [-0.25, -0.2) is 0 Å². The molecule has 0 N–H and O–H groups in total. The van der Waals surface area contributed by atoms with Crippen LogP contribution in [-0.2, 0) is 13.6 Å². The van der Waals surface area contributed by atoms with Crippen molar-refractivity contribution in [1.82, 2.24) is 9.47 Å². The van der Waals surface area contributed by atoms with E-state index in [0.717, 1.165) is 37.7 Å². The topological polar surface area (TPSA) is 50.4 Å². The number of nitriles is 1. The minimum Gasteiger partial charge on any atom is -0.497 e. The standard InChI is InChI=1S/C20H25N3O2/c1-22-12-17(9-18(22)11-21)14-23-8-4-5-16(13-23)15-25-20-7-3-6-19(10-20)24-2/h3,6-7,9-10,12,16H,4-5,8,13-15H2,1-2H3/t16-/m0/s1. The lowest BCUT2D eigenvalue weighted by atomic mass is 9.98. The van der Waals surface area contributed by atoms with Gasteiger partial charge in [0.1, 0.15) is 23.3 Å². The summed E-state index contributed by atoms with van der Waals surface area (Å²) in [6.45, 7) is 3.75. The van der Waals surface area contributed by atoms with Gasteiger partial charge in [0.15, 0.2) is 0 Å². The number of nitrogens with zero attached hydrogens (tertiary/aromatic N) is 3. The fraction of sp³-hybridized carbons (Fsp3) is 0.450. The van der Waals surface area contributed by atoms with Crippen LogP contribution in [-0.4, -0.2) is 36.3 Å². The van der Waals surface area contributed by atoms with Crippen LogP contribution in [0.5, 0.6) is 11.5 Å². The van der Waals surface area contributed by atoms with Crippen molar-refractivity contribution in [2.75, 3.05) is 26.8 Å². The largest absolute Gasteiger partial charge is 0.497 e. The Balaban J connectivity index is 1.53. The van der Waals surface area contributed by atoms with Gasteiger partial charge in [0.2, 0.25) is 0 Å². The lowest BCUT2D eigenvalue weighted by Gasteiger charge is -2.32. The summed E-state index contributed by atoms with van der Waals surface area (Å²) in [6, 6.07) is 12.0. The Hall–Kier alpha value is -2.45. The summed E-state index contributed by atoms with van der Waals surface area (Å²) in [6.07, 6.45) is 4.43. The maximum atomic E-state index is 9.09. The van der Waals surface area contributed by atoms with Gasteiger partial charge in [-0.05, 0) is 43.1 Å². The molecule has 2 aromatic rings. The second-order valence-corrected chi connectivity index (χ2v) is 6.69. The Kier molecular flexibility index (Phi) is 5.62. The van der Waals surface area contributed by atoms with E-state index in [-0.39, 0.29) is 0 Å². The van der Waals surface area contributed by atoms with Crippen LogP contribution in [0.25, 0.3) is 0 Å². The fourth-order valence-electron chi connectivity index (χ4n) is 3.42. The lowest BCUT2D eigenvalue weighted by molar-refractivity contribution is 0.125. The fourth-order valence-corrected chi connectivity index (χ4v) is 3.42. The molecular weight excluding hydrogens is 314 g/mol. The normalized spacial score (nSPS) is 17.9. The van der Waals surface area contributed by atoms with Crippen LogP contribution in [0.3, 0.4) is 0 Å². The van der Waals surface area contributed by atoms with Crippen molar-refractivity contribution in [1.29, 1.82) is 5.26 Å². The first kappa shape index (κ1) is 17.4. The van der Waals surface area contributed by atoms with E-state index < -0.39 is 0 Å². The molecule has 0 bridgehead atoms. The third kappa shape index (κ3) is 4.55. The molecule has 0 aliphatic carbocycles. The Bertz CT molecular complexity index is 748. The molecule has 1 aliphatic rings. The van der Waals surface area contributed by atoms with E-state index in [2.05, 4.69) is 17.2 Å². The molecule has 0 radical (unpaired) electrons. The molecule has 5 heteroatoms. The van der Waals surface area contributed by atoms with Gasteiger partial charge < -0.3 is 14.0 Å². The maximum Gasteiger partial charge on any atom is 0.122 e. The highest BCUT2D eigenvalue weighted by Crippen LogP contribution is 2.23. The van der Waals surface area contributed by atoms with Crippen LogP contribution in [0.4, 0.5) is 0 Å². The Morgan fingerprint density at radius 3 is 2.88 bits per heavy atom. The highest BCUT2D eigenvalue weighted by molar-refractivity contribution is 5.32. The molecule has 0 spiro atoms. The molecule has 5 nitrogen and oxygen atoms in total. The molecule has 0 saturated carbocycles. The van der Waals surface area contributed by atoms with E-state index in [1.165, 1.54) is 18.4 Å². The summed E-state index contributed by atoms with van der Waals surface area (Å²) in [5, 5.41) is 9.09. The first-order chi connectivity index (χ1) is 12.2. The molecule has 132 valence electrons. The number of hydrogen-bond acceptors (Lipinski definition) is 4. The van der Waals surface area contributed by atoms with Crippen LogP contribution >= 0.6 is 0 Å². The number of likely N-dealkylation sites (tertiary alicyclic amines) is 1. The average molecular weight is 339 g/mol. The molecule has 3 rings (SSSR count). The third-order valence-corrected chi connectivity index (χ3v) is 4.71. The molecule has 0 unspecified atom stereocenters.